The number of rotatable bonds is 13. The number of hydrogen-bond donors (Lipinski definition) is 4. The molecule has 0 saturated carbocycles. The third kappa shape index (κ3) is 9.89. The number of imidazole rings is 2. The molecule has 6 heterocycles. The summed E-state index contributed by atoms with van der Waals surface area (Å²) in [5.74, 6) is 0.424. The van der Waals surface area contributed by atoms with E-state index in [1.807, 2.05) is 69.0 Å². The van der Waals surface area contributed by atoms with E-state index in [0.717, 1.165) is 47.8 Å². The third-order valence-electron chi connectivity index (χ3n) is 15.8. The minimum absolute atomic E-state index is 0.0182. The van der Waals surface area contributed by atoms with Gasteiger partial charge in [-0.25, -0.2) is 28.3 Å². The number of nitrogens with zero attached hydrogens (tertiary/aromatic N) is 6. The van der Waals surface area contributed by atoms with Crippen molar-refractivity contribution in [1.29, 1.82) is 0 Å². The highest BCUT2D eigenvalue weighted by Crippen LogP contribution is 2.49. The monoisotopic (exact) mass is 993 g/mol. The lowest BCUT2D eigenvalue weighted by Gasteiger charge is -2.37. The summed E-state index contributed by atoms with van der Waals surface area (Å²) < 4.78 is 43.0. The van der Waals surface area contributed by atoms with E-state index in [4.69, 9.17) is 19.4 Å². The molecule has 6 atom stereocenters. The first-order valence-electron chi connectivity index (χ1n) is 25.9. The highest BCUT2D eigenvalue weighted by molar-refractivity contribution is 5.88. The summed E-state index contributed by atoms with van der Waals surface area (Å²) in [7, 11) is 2.55. The molecule has 0 bridgehead atoms. The second-order valence-electron chi connectivity index (χ2n) is 21.2. The number of ether oxygens (including phenoxy) is 2. The molecule has 4 saturated heterocycles. The van der Waals surface area contributed by atoms with Crippen molar-refractivity contribution in [3.63, 3.8) is 0 Å². The summed E-state index contributed by atoms with van der Waals surface area (Å²) in [6, 6.07) is 12.4. The summed E-state index contributed by atoms with van der Waals surface area (Å²) in [4.78, 5) is 77.0. The molecule has 0 radical (unpaired) electrons. The van der Waals surface area contributed by atoms with Gasteiger partial charge in [-0.1, -0.05) is 53.7 Å². The van der Waals surface area contributed by atoms with Crippen molar-refractivity contribution < 1.29 is 37.4 Å². The van der Waals surface area contributed by atoms with Crippen molar-refractivity contribution in [2.24, 2.45) is 23.7 Å². The second kappa shape index (κ2) is 20.9. The third-order valence-corrected chi connectivity index (χ3v) is 15.8. The lowest BCUT2D eigenvalue weighted by molar-refractivity contribution is -0.136. The number of fused-ring (bicyclic) bond motifs is 2. The number of carbonyl (C=O) groups excluding carboxylic acids is 4. The molecular formula is C54H70F2N10O6. The Morgan fingerprint density at radius 3 is 1.46 bits per heavy atom. The van der Waals surface area contributed by atoms with Gasteiger partial charge in [0.25, 0.3) is 0 Å². The largest absolute Gasteiger partial charge is 0.453 e. The van der Waals surface area contributed by atoms with Gasteiger partial charge in [0.1, 0.15) is 29.4 Å². The van der Waals surface area contributed by atoms with Crippen LogP contribution in [0.2, 0.25) is 0 Å². The Morgan fingerprint density at radius 2 is 1.06 bits per heavy atom. The number of aromatic nitrogens is 4. The lowest BCUT2D eigenvalue weighted by Crippen LogP contribution is -2.51. The molecule has 4 amide bonds. The molecule has 9 rings (SSSR count). The molecule has 0 aliphatic carbocycles. The van der Waals surface area contributed by atoms with Crippen LogP contribution in [0.5, 0.6) is 0 Å². The van der Waals surface area contributed by atoms with Crippen LogP contribution in [0.3, 0.4) is 0 Å². The number of hydrogen-bond acceptors (Lipinski definition) is 10. The molecule has 2 aromatic heterocycles. The normalized spacial score (nSPS) is 21.7. The predicted molar refractivity (Wildman–Crippen MR) is 271 cm³/mol. The molecule has 4 N–H and O–H groups in total. The van der Waals surface area contributed by atoms with Crippen LogP contribution < -0.4 is 20.4 Å². The van der Waals surface area contributed by atoms with E-state index in [9.17, 15) is 19.2 Å². The van der Waals surface area contributed by atoms with E-state index in [1.54, 1.807) is 9.80 Å². The zero-order chi connectivity index (χ0) is 51.1. The maximum Gasteiger partial charge on any atom is 0.407 e. The summed E-state index contributed by atoms with van der Waals surface area (Å²) in [5.41, 5.74) is 5.33. The van der Waals surface area contributed by atoms with Gasteiger partial charge in [-0.2, -0.15) is 0 Å². The fraction of sp³-hybridized carbons (Fsp3) is 0.556. The molecule has 16 nitrogen and oxygen atoms in total. The van der Waals surface area contributed by atoms with Gasteiger partial charge in [0.15, 0.2) is 11.6 Å². The molecule has 4 fully saturated rings. The van der Waals surface area contributed by atoms with Crippen LogP contribution in [-0.4, -0.2) is 106 Å². The van der Waals surface area contributed by atoms with Gasteiger partial charge in [0.2, 0.25) is 11.8 Å². The first kappa shape index (κ1) is 50.5. The molecule has 3 aromatic carbocycles. The number of anilines is 2. The van der Waals surface area contributed by atoms with Crippen LogP contribution in [0.15, 0.2) is 48.5 Å². The Kier molecular flexibility index (Phi) is 14.7. The van der Waals surface area contributed by atoms with Crippen molar-refractivity contribution in [3.8, 4) is 0 Å². The van der Waals surface area contributed by atoms with E-state index in [-0.39, 0.29) is 53.5 Å². The number of aromatic amines is 2. The first-order chi connectivity index (χ1) is 34.5. The highest BCUT2D eigenvalue weighted by atomic mass is 19.1. The topological polar surface area (TPSA) is 181 Å². The molecule has 4 aliphatic heterocycles. The molecule has 18 heteroatoms. The van der Waals surface area contributed by atoms with Crippen LogP contribution in [0.4, 0.5) is 29.7 Å². The van der Waals surface area contributed by atoms with Crippen molar-refractivity contribution >= 4 is 57.4 Å². The van der Waals surface area contributed by atoms with Gasteiger partial charge in [-0.3, -0.25) is 9.59 Å². The van der Waals surface area contributed by atoms with Gasteiger partial charge in [0, 0.05) is 31.9 Å². The zero-order valence-electron chi connectivity index (χ0n) is 42.8. The molecule has 1 unspecified atom stereocenters. The van der Waals surface area contributed by atoms with Gasteiger partial charge < -0.3 is 49.7 Å². The van der Waals surface area contributed by atoms with Crippen LogP contribution in [-0.2, 0) is 19.1 Å². The summed E-state index contributed by atoms with van der Waals surface area (Å²) in [5, 5.41) is 5.43. The quantitative estimate of drug-likeness (QED) is 0.0887. The number of methoxy groups -OCH3 is 2. The van der Waals surface area contributed by atoms with E-state index in [1.165, 1.54) is 26.4 Å². The fourth-order valence-corrected chi connectivity index (χ4v) is 11.8. The number of amides is 4. The lowest BCUT2D eigenvalue weighted by atomic mass is 9.86. The van der Waals surface area contributed by atoms with Gasteiger partial charge in [-0.05, 0) is 123 Å². The minimum atomic E-state index is -0.763. The Balaban J connectivity index is 1.04. The summed E-state index contributed by atoms with van der Waals surface area (Å²) in [6.45, 7) is 14.2. The number of likely N-dealkylation sites (tertiary alicyclic amines) is 2. The van der Waals surface area contributed by atoms with Crippen molar-refractivity contribution in [2.75, 3.05) is 50.2 Å². The molecule has 72 heavy (non-hydrogen) atoms. The highest BCUT2D eigenvalue weighted by Gasteiger charge is 2.41. The number of carbonyl (C=O) groups is 4. The number of nitrogens with one attached hydrogen (secondary N) is 4. The number of H-pyrrole nitrogens is 2. The van der Waals surface area contributed by atoms with Crippen LogP contribution >= 0.6 is 0 Å². The Bertz CT molecular complexity index is 2640. The maximum absolute atomic E-state index is 16.7. The number of halogens is 2. The van der Waals surface area contributed by atoms with Crippen LogP contribution in [0, 0.1) is 35.3 Å². The smallest absolute Gasteiger partial charge is 0.407 e. The molecular weight excluding hydrogens is 923 g/mol. The number of piperidine rings is 1. The first-order valence-corrected chi connectivity index (χ1v) is 25.9. The van der Waals surface area contributed by atoms with E-state index < -0.39 is 35.9 Å². The zero-order valence-corrected chi connectivity index (χ0v) is 42.8. The molecule has 4 aliphatic rings. The standard InChI is InChI=1S/C54H70F2N10O6/c1-29(2)32-19-23-63(24-20-32)48-36(55)27-35(28-37(48)56)66-42(33-13-15-38-40(25-33)59-49(57-38)44-11-9-21-64(44)51(67)46(30(3)4)61-53(69)71-7)17-18-43(66)34-14-16-39-41(26-34)60-50(58-39)45-12-10-22-65(45)52(68)47(31(5)6)62-54(70)72-8/h13-16,25-32,42-47H,9-12,17-24H2,1-8H3,(H,57,59)(H,58,60)(H,61,69)(H,62,70)/t42-,43-,44+,45+,46+,47?/m1/s1. The SMILES string of the molecule is COC(=O)NC(C(=O)N1CCC[C@H]1c1nc2cc([C@H]3CC[C@H](c4ccc5[nH]c([C@@H]6CCCN6C(=O)[C@@H](NC(=O)OC)C(C)C)nc5c4)N3c3cc(F)c(N4CCC(C(C)C)CC4)c(F)c3)ccc2[nH]1)C(C)C. The molecule has 386 valence electrons. The maximum atomic E-state index is 16.7. The minimum Gasteiger partial charge on any atom is -0.453 e. The van der Waals surface area contributed by atoms with E-state index in [0.29, 0.717) is 92.1 Å². The van der Waals surface area contributed by atoms with Crippen LogP contribution in [0.1, 0.15) is 140 Å². The summed E-state index contributed by atoms with van der Waals surface area (Å²) in [6.07, 6.45) is 4.75. The van der Waals surface area contributed by atoms with Gasteiger partial charge in [-0.15, -0.1) is 0 Å². The van der Waals surface area contributed by atoms with Crippen molar-refractivity contribution in [2.45, 2.75) is 129 Å². The molecule has 5 aromatic rings. The predicted octanol–water partition coefficient (Wildman–Crippen LogP) is 9.76. The second-order valence-corrected chi connectivity index (χ2v) is 21.2. The average molecular weight is 993 g/mol. The average Bonchev–Trinajstić information content (AvgIpc) is 4.22. The van der Waals surface area contributed by atoms with Gasteiger partial charge in [0.05, 0.1) is 60.5 Å². The van der Waals surface area contributed by atoms with Gasteiger partial charge >= 0.3 is 12.2 Å². The Labute approximate surface area is 419 Å². The fourth-order valence-electron chi connectivity index (χ4n) is 11.8. The number of alkyl carbamates (subject to hydrolysis) is 2. The van der Waals surface area contributed by atoms with Crippen molar-refractivity contribution in [3.05, 3.63) is 82.9 Å². The molecule has 0 spiro atoms. The van der Waals surface area contributed by atoms with E-state index >= 15 is 8.78 Å². The Hall–Kier alpha value is -6.46. The van der Waals surface area contributed by atoms with E-state index in [2.05, 4.69) is 39.3 Å². The Morgan fingerprint density at radius 1 is 0.611 bits per heavy atom. The van der Waals surface area contributed by atoms with Crippen LogP contribution in [0.25, 0.3) is 22.1 Å². The number of benzene rings is 3. The summed E-state index contributed by atoms with van der Waals surface area (Å²) >= 11 is 0. The van der Waals surface area contributed by atoms with Crippen molar-refractivity contribution in [1.82, 2.24) is 40.4 Å².